The van der Waals surface area contributed by atoms with Gasteiger partial charge in [-0.2, -0.15) is 0 Å². The van der Waals surface area contributed by atoms with Crippen LogP contribution in [0.4, 0.5) is 5.69 Å². The molecular weight excluding hydrogens is 325 g/mol. The molecule has 6 heteroatoms. The van der Waals surface area contributed by atoms with Gasteiger partial charge in [0.05, 0.1) is 13.2 Å². The fraction of sp³-hybridized carbons (Fsp3) is 0.333. The minimum Gasteiger partial charge on any atom is -0.473 e. The predicted molar refractivity (Wildman–Crippen MR) is 94.5 cm³/mol. The average Bonchev–Trinajstić information content (AvgIpc) is 2.62. The second-order valence-corrected chi connectivity index (χ2v) is 7.45. The highest BCUT2D eigenvalue weighted by Gasteiger charge is 2.45. The Balaban J connectivity index is 2.11. The van der Waals surface area contributed by atoms with Crippen LogP contribution >= 0.6 is 7.60 Å². The topological polar surface area (TPSA) is 48.0 Å². The summed E-state index contributed by atoms with van der Waals surface area (Å²) in [6, 6.07) is 17.4. The third-order valence-electron chi connectivity index (χ3n) is 3.86. The first-order valence-electron chi connectivity index (χ1n) is 8.12. The molecule has 1 heterocycles. The van der Waals surface area contributed by atoms with E-state index in [-0.39, 0.29) is 6.73 Å². The van der Waals surface area contributed by atoms with Gasteiger partial charge in [-0.25, -0.2) is 0 Å². The van der Waals surface area contributed by atoms with Crippen LogP contribution < -0.4 is 9.64 Å². The van der Waals surface area contributed by atoms with E-state index < -0.39 is 13.4 Å². The summed E-state index contributed by atoms with van der Waals surface area (Å²) in [6.07, 6.45) is 0. The van der Waals surface area contributed by atoms with Crippen molar-refractivity contribution in [2.24, 2.45) is 0 Å². The molecule has 2 aromatic rings. The van der Waals surface area contributed by atoms with Crippen LogP contribution in [0.5, 0.6) is 5.75 Å². The molecule has 0 aromatic heterocycles. The van der Waals surface area contributed by atoms with Gasteiger partial charge in [0.15, 0.2) is 12.5 Å². The summed E-state index contributed by atoms with van der Waals surface area (Å²) >= 11 is 0. The van der Waals surface area contributed by atoms with Crippen molar-refractivity contribution in [3.8, 4) is 5.75 Å². The lowest BCUT2D eigenvalue weighted by Crippen LogP contribution is -2.37. The Morgan fingerprint density at radius 3 is 2.33 bits per heavy atom. The molecule has 0 bridgehead atoms. The first-order valence-corrected chi connectivity index (χ1v) is 9.73. The Labute approximate surface area is 142 Å². The van der Waals surface area contributed by atoms with Gasteiger partial charge in [-0.15, -0.1) is 0 Å². The van der Waals surface area contributed by atoms with E-state index in [0.29, 0.717) is 19.0 Å². The Hall–Kier alpha value is -1.81. The molecule has 0 aliphatic carbocycles. The largest absolute Gasteiger partial charge is 0.473 e. The lowest BCUT2D eigenvalue weighted by Gasteiger charge is -2.40. The summed E-state index contributed by atoms with van der Waals surface area (Å²) in [5, 5.41) is 0. The van der Waals surface area contributed by atoms with Crippen LogP contribution in [0.1, 0.15) is 25.2 Å². The van der Waals surface area contributed by atoms with E-state index in [9.17, 15) is 4.57 Å². The van der Waals surface area contributed by atoms with Crippen LogP contribution in [0.2, 0.25) is 0 Å². The van der Waals surface area contributed by atoms with Crippen molar-refractivity contribution >= 4 is 13.3 Å². The van der Waals surface area contributed by atoms with Crippen LogP contribution in [-0.2, 0) is 13.6 Å². The molecule has 1 atom stereocenters. The first-order chi connectivity index (χ1) is 11.7. The number of ether oxygens (including phenoxy) is 1. The highest BCUT2D eigenvalue weighted by molar-refractivity contribution is 7.54. The van der Waals surface area contributed by atoms with Crippen LogP contribution in [0.3, 0.4) is 0 Å². The second kappa shape index (κ2) is 7.39. The molecule has 0 amide bonds. The lowest BCUT2D eigenvalue weighted by atomic mass is 10.1. The smallest absolute Gasteiger partial charge is 0.357 e. The molecule has 1 unspecified atom stereocenters. The standard InChI is InChI=1S/C18H22NO4P/c1-3-22-24(20,23-4-2)18-16-12-8-9-13-17(16)21-14-19(18)15-10-6-5-7-11-15/h5-13,18H,3-4,14H2,1-2H3. The molecule has 1 aliphatic rings. The molecule has 1 aliphatic heterocycles. The zero-order valence-electron chi connectivity index (χ0n) is 13.9. The molecule has 2 aromatic carbocycles. The monoisotopic (exact) mass is 347 g/mol. The predicted octanol–water partition coefficient (Wildman–Crippen LogP) is 4.81. The summed E-state index contributed by atoms with van der Waals surface area (Å²) in [4.78, 5) is 1.94. The van der Waals surface area contributed by atoms with E-state index in [0.717, 1.165) is 11.3 Å². The van der Waals surface area contributed by atoms with E-state index >= 15 is 0 Å². The maximum atomic E-state index is 13.6. The van der Waals surface area contributed by atoms with Gasteiger partial charge in [-0.3, -0.25) is 4.57 Å². The van der Waals surface area contributed by atoms with Gasteiger partial charge in [0, 0.05) is 11.3 Å². The normalized spacial score (nSPS) is 17.2. The summed E-state index contributed by atoms with van der Waals surface area (Å²) in [6.45, 7) is 4.57. The second-order valence-electron chi connectivity index (χ2n) is 5.37. The highest BCUT2D eigenvalue weighted by Crippen LogP contribution is 2.64. The number of para-hydroxylation sites is 2. The molecule has 0 saturated heterocycles. The van der Waals surface area contributed by atoms with Crippen LogP contribution in [0, 0.1) is 0 Å². The van der Waals surface area contributed by atoms with Gasteiger partial charge in [-0.05, 0) is 32.0 Å². The molecule has 24 heavy (non-hydrogen) atoms. The van der Waals surface area contributed by atoms with E-state index in [4.69, 9.17) is 13.8 Å². The van der Waals surface area contributed by atoms with E-state index in [2.05, 4.69) is 0 Å². The molecule has 0 N–H and O–H groups in total. The molecule has 0 saturated carbocycles. The Bertz CT molecular complexity index is 712. The third-order valence-corrected chi connectivity index (χ3v) is 6.25. The number of fused-ring (bicyclic) bond motifs is 1. The number of benzene rings is 2. The summed E-state index contributed by atoms with van der Waals surface area (Å²) in [5.41, 5.74) is 1.73. The number of nitrogens with zero attached hydrogens (tertiary/aromatic N) is 1. The zero-order chi connectivity index (χ0) is 17.0. The van der Waals surface area contributed by atoms with Crippen molar-refractivity contribution in [1.82, 2.24) is 0 Å². The van der Waals surface area contributed by atoms with E-state index in [1.807, 2.05) is 73.3 Å². The lowest BCUT2D eigenvalue weighted by molar-refractivity contribution is 0.199. The Morgan fingerprint density at radius 1 is 1.04 bits per heavy atom. The Kier molecular flexibility index (Phi) is 5.24. The molecule has 0 spiro atoms. The average molecular weight is 347 g/mol. The molecule has 128 valence electrons. The molecular formula is C18H22NO4P. The van der Waals surface area contributed by atoms with Crippen LogP contribution in [0.15, 0.2) is 54.6 Å². The SMILES string of the molecule is CCOP(=O)(OCC)C1c2ccccc2OCN1c1ccccc1. The number of anilines is 1. The third kappa shape index (κ3) is 3.20. The first kappa shape index (κ1) is 17.0. The van der Waals surface area contributed by atoms with Gasteiger partial charge in [0.2, 0.25) is 0 Å². The maximum absolute atomic E-state index is 13.6. The molecule has 3 rings (SSSR count). The van der Waals surface area contributed by atoms with Crippen molar-refractivity contribution in [3.63, 3.8) is 0 Å². The van der Waals surface area contributed by atoms with Crippen molar-refractivity contribution in [2.75, 3.05) is 24.8 Å². The fourth-order valence-electron chi connectivity index (χ4n) is 2.92. The number of hydrogen-bond acceptors (Lipinski definition) is 5. The zero-order valence-corrected chi connectivity index (χ0v) is 14.8. The number of rotatable bonds is 6. The highest BCUT2D eigenvalue weighted by atomic mass is 31.2. The van der Waals surface area contributed by atoms with Gasteiger partial charge in [-0.1, -0.05) is 36.4 Å². The fourth-order valence-corrected chi connectivity index (χ4v) is 5.09. The quantitative estimate of drug-likeness (QED) is 0.702. The molecule has 0 fully saturated rings. The van der Waals surface area contributed by atoms with E-state index in [1.165, 1.54) is 0 Å². The Morgan fingerprint density at radius 2 is 1.67 bits per heavy atom. The van der Waals surface area contributed by atoms with Gasteiger partial charge < -0.3 is 18.7 Å². The van der Waals surface area contributed by atoms with Crippen LogP contribution in [0.25, 0.3) is 0 Å². The van der Waals surface area contributed by atoms with Gasteiger partial charge in [0.1, 0.15) is 5.75 Å². The molecule has 0 radical (unpaired) electrons. The summed E-state index contributed by atoms with van der Waals surface area (Å²) < 4.78 is 30.7. The molecule has 5 nitrogen and oxygen atoms in total. The summed E-state index contributed by atoms with van der Waals surface area (Å²) in [7, 11) is -3.40. The number of hydrogen-bond donors (Lipinski definition) is 0. The van der Waals surface area contributed by atoms with Gasteiger partial charge in [0.25, 0.3) is 0 Å². The van der Waals surface area contributed by atoms with Crippen molar-refractivity contribution in [2.45, 2.75) is 19.6 Å². The summed E-state index contributed by atoms with van der Waals surface area (Å²) in [5.74, 6) is 0.180. The van der Waals surface area contributed by atoms with Crippen molar-refractivity contribution in [1.29, 1.82) is 0 Å². The minimum absolute atomic E-state index is 0.288. The van der Waals surface area contributed by atoms with E-state index in [1.54, 1.807) is 0 Å². The van der Waals surface area contributed by atoms with Gasteiger partial charge >= 0.3 is 7.60 Å². The van der Waals surface area contributed by atoms with Crippen LogP contribution in [-0.4, -0.2) is 19.9 Å². The van der Waals surface area contributed by atoms with Crippen molar-refractivity contribution in [3.05, 3.63) is 60.2 Å². The van der Waals surface area contributed by atoms with Crippen molar-refractivity contribution < 1.29 is 18.3 Å². The maximum Gasteiger partial charge on any atom is 0.357 e. The minimum atomic E-state index is -3.40.